The van der Waals surface area contributed by atoms with E-state index in [1.807, 2.05) is 12.3 Å². The molecule has 0 spiro atoms. The van der Waals surface area contributed by atoms with Crippen LogP contribution in [-0.4, -0.2) is 26.3 Å². The minimum absolute atomic E-state index is 0.128. The van der Waals surface area contributed by atoms with E-state index >= 15 is 0 Å². The predicted molar refractivity (Wildman–Crippen MR) is 70.7 cm³/mol. The van der Waals surface area contributed by atoms with Gasteiger partial charge in [0.05, 0.1) is 6.04 Å². The van der Waals surface area contributed by atoms with Crippen LogP contribution in [-0.2, 0) is 6.54 Å². The lowest BCUT2D eigenvalue weighted by molar-refractivity contribution is 0.369. The van der Waals surface area contributed by atoms with Crippen LogP contribution >= 0.6 is 0 Å². The molecule has 4 rings (SSSR count). The van der Waals surface area contributed by atoms with Gasteiger partial charge in [-0.3, -0.25) is 4.98 Å². The molecule has 0 radical (unpaired) electrons. The molecule has 1 aliphatic carbocycles. The summed E-state index contributed by atoms with van der Waals surface area (Å²) in [6.07, 6.45) is 7.57. The van der Waals surface area contributed by atoms with Crippen molar-refractivity contribution >= 4 is 0 Å². The summed E-state index contributed by atoms with van der Waals surface area (Å²) in [5.74, 6) is 2.87. The molecule has 5 nitrogen and oxygen atoms in total. The maximum absolute atomic E-state index is 4.45. The van der Waals surface area contributed by atoms with Gasteiger partial charge in [-0.25, -0.2) is 0 Å². The van der Waals surface area contributed by atoms with Gasteiger partial charge in [0.2, 0.25) is 0 Å². The van der Waals surface area contributed by atoms with Crippen LogP contribution in [0.4, 0.5) is 0 Å². The first-order valence-electron chi connectivity index (χ1n) is 7.00. The Bertz CT molecular complexity index is 573. The summed E-state index contributed by atoms with van der Waals surface area (Å²) in [5.41, 5.74) is 1.16. The van der Waals surface area contributed by atoms with Gasteiger partial charge in [0.25, 0.3) is 0 Å². The number of nitrogens with one attached hydrogen (secondary N) is 1. The van der Waals surface area contributed by atoms with Gasteiger partial charge in [0.1, 0.15) is 5.82 Å². The van der Waals surface area contributed by atoms with Crippen molar-refractivity contribution in [1.82, 2.24) is 25.1 Å². The number of aromatic nitrogens is 4. The molecule has 1 N–H and O–H groups in total. The molecule has 0 bridgehead atoms. The fourth-order valence-electron chi connectivity index (χ4n) is 2.96. The summed E-state index contributed by atoms with van der Waals surface area (Å²) in [6.45, 7) is 1.94. The van der Waals surface area contributed by atoms with Crippen molar-refractivity contribution in [1.29, 1.82) is 0 Å². The SMILES string of the molecule is c1cncc(C2NCCn3c(C4CCC4)nnc32)c1. The van der Waals surface area contributed by atoms with Gasteiger partial charge in [-0.15, -0.1) is 10.2 Å². The minimum Gasteiger partial charge on any atom is -0.312 e. The molecule has 3 heterocycles. The van der Waals surface area contributed by atoms with Crippen LogP contribution in [0.3, 0.4) is 0 Å². The molecule has 98 valence electrons. The molecule has 2 aromatic rings. The summed E-state index contributed by atoms with van der Waals surface area (Å²) < 4.78 is 2.32. The number of nitrogens with zero attached hydrogens (tertiary/aromatic N) is 4. The standard InChI is InChI=1S/C14H17N5/c1-3-10(4-1)13-17-18-14-12(16-7-8-19(13)14)11-5-2-6-15-9-11/h2,5-6,9-10,12,16H,1,3-4,7-8H2. The topological polar surface area (TPSA) is 55.6 Å². The first kappa shape index (κ1) is 11.1. The predicted octanol–water partition coefficient (Wildman–Crippen LogP) is 1.63. The Morgan fingerprint density at radius 1 is 1.21 bits per heavy atom. The van der Waals surface area contributed by atoms with Crippen molar-refractivity contribution in [2.24, 2.45) is 0 Å². The van der Waals surface area contributed by atoms with Crippen molar-refractivity contribution in [3.63, 3.8) is 0 Å². The molecule has 19 heavy (non-hydrogen) atoms. The highest BCUT2D eigenvalue weighted by Gasteiger charge is 2.31. The lowest BCUT2D eigenvalue weighted by atomic mass is 9.84. The van der Waals surface area contributed by atoms with Gasteiger partial charge in [-0.1, -0.05) is 12.5 Å². The minimum atomic E-state index is 0.128. The third kappa shape index (κ3) is 1.76. The molecule has 0 aromatic carbocycles. The van der Waals surface area contributed by atoms with E-state index in [0.29, 0.717) is 5.92 Å². The Hall–Kier alpha value is -1.75. The van der Waals surface area contributed by atoms with Gasteiger partial charge >= 0.3 is 0 Å². The van der Waals surface area contributed by atoms with Gasteiger partial charge in [0.15, 0.2) is 5.82 Å². The van der Waals surface area contributed by atoms with Crippen LogP contribution in [0, 0.1) is 0 Å². The molecule has 2 aromatic heterocycles. The Balaban J connectivity index is 1.73. The van der Waals surface area contributed by atoms with Crippen LogP contribution < -0.4 is 5.32 Å². The average Bonchev–Trinajstić information content (AvgIpc) is 2.82. The molecule has 2 aliphatic rings. The lowest BCUT2D eigenvalue weighted by Gasteiger charge is -2.29. The van der Waals surface area contributed by atoms with E-state index in [4.69, 9.17) is 0 Å². The monoisotopic (exact) mass is 255 g/mol. The van der Waals surface area contributed by atoms with E-state index in [0.717, 1.165) is 24.5 Å². The second kappa shape index (κ2) is 4.42. The van der Waals surface area contributed by atoms with Crippen LogP contribution in [0.25, 0.3) is 0 Å². The molecule has 1 saturated carbocycles. The molecule has 1 fully saturated rings. The van der Waals surface area contributed by atoms with Gasteiger partial charge < -0.3 is 9.88 Å². The summed E-state index contributed by atoms with van der Waals surface area (Å²) in [7, 11) is 0. The lowest BCUT2D eigenvalue weighted by Crippen LogP contribution is -2.35. The van der Waals surface area contributed by atoms with Gasteiger partial charge in [-0.05, 0) is 24.5 Å². The van der Waals surface area contributed by atoms with Gasteiger partial charge in [0, 0.05) is 31.4 Å². The van der Waals surface area contributed by atoms with E-state index in [-0.39, 0.29) is 6.04 Å². The molecular formula is C14H17N5. The summed E-state index contributed by atoms with van der Waals surface area (Å²) in [4.78, 5) is 4.20. The number of rotatable bonds is 2. The Morgan fingerprint density at radius 3 is 2.84 bits per heavy atom. The average molecular weight is 255 g/mol. The van der Waals surface area contributed by atoms with E-state index < -0.39 is 0 Å². The number of fused-ring (bicyclic) bond motifs is 1. The molecule has 0 amide bonds. The summed E-state index contributed by atoms with van der Waals surface area (Å²) >= 11 is 0. The molecule has 5 heteroatoms. The molecule has 1 unspecified atom stereocenters. The number of pyridine rings is 1. The number of hydrogen-bond donors (Lipinski definition) is 1. The zero-order valence-corrected chi connectivity index (χ0v) is 10.8. The Labute approximate surface area is 112 Å². The fraction of sp³-hybridized carbons (Fsp3) is 0.500. The van der Waals surface area contributed by atoms with Crippen molar-refractivity contribution < 1.29 is 0 Å². The van der Waals surface area contributed by atoms with Crippen molar-refractivity contribution in [3.05, 3.63) is 41.7 Å². The maximum Gasteiger partial charge on any atom is 0.154 e. The number of hydrogen-bond acceptors (Lipinski definition) is 4. The summed E-state index contributed by atoms with van der Waals surface area (Å²) in [5, 5.41) is 12.4. The van der Waals surface area contributed by atoms with Crippen LogP contribution in [0.5, 0.6) is 0 Å². The molecule has 1 aliphatic heterocycles. The maximum atomic E-state index is 4.45. The third-order valence-corrected chi connectivity index (χ3v) is 4.24. The third-order valence-electron chi connectivity index (χ3n) is 4.24. The quantitative estimate of drug-likeness (QED) is 0.886. The highest BCUT2D eigenvalue weighted by Crippen LogP contribution is 2.37. The molecule has 1 atom stereocenters. The zero-order chi connectivity index (χ0) is 12.7. The highest BCUT2D eigenvalue weighted by atomic mass is 15.3. The van der Waals surface area contributed by atoms with E-state index in [2.05, 4.69) is 31.1 Å². The van der Waals surface area contributed by atoms with E-state index in [1.54, 1.807) is 6.20 Å². The van der Waals surface area contributed by atoms with Crippen molar-refractivity contribution in [2.75, 3.05) is 6.54 Å². The van der Waals surface area contributed by atoms with E-state index in [9.17, 15) is 0 Å². The largest absolute Gasteiger partial charge is 0.312 e. The zero-order valence-electron chi connectivity index (χ0n) is 10.8. The Morgan fingerprint density at radius 2 is 2.11 bits per heavy atom. The summed E-state index contributed by atoms with van der Waals surface area (Å²) in [6, 6.07) is 4.20. The second-order valence-electron chi connectivity index (χ2n) is 5.37. The molecular weight excluding hydrogens is 238 g/mol. The van der Waals surface area contributed by atoms with Crippen LogP contribution in [0.2, 0.25) is 0 Å². The first-order chi connectivity index (χ1) is 9.43. The van der Waals surface area contributed by atoms with Crippen molar-refractivity contribution in [3.8, 4) is 0 Å². The molecule has 0 saturated heterocycles. The fourth-order valence-corrected chi connectivity index (χ4v) is 2.96. The normalized spacial score (nSPS) is 22.8. The van der Waals surface area contributed by atoms with Crippen LogP contribution in [0.15, 0.2) is 24.5 Å². The van der Waals surface area contributed by atoms with Crippen LogP contribution in [0.1, 0.15) is 48.4 Å². The highest BCUT2D eigenvalue weighted by molar-refractivity contribution is 5.24. The van der Waals surface area contributed by atoms with E-state index in [1.165, 1.54) is 25.1 Å². The smallest absolute Gasteiger partial charge is 0.154 e. The van der Waals surface area contributed by atoms with Gasteiger partial charge in [-0.2, -0.15) is 0 Å². The second-order valence-corrected chi connectivity index (χ2v) is 5.37. The van der Waals surface area contributed by atoms with Crippen molar-refractivity contribution in [2.45, 2.75) is 37.8 Å². The Kier molecular flexibility index (Phi) is 2.58. The first-order valence-corrected chi connectivity index (χ1v) is 7.00.